The maximum atomic E-state index is 11.9. The minimum absolute atomic E-state index is 0.171. The van der Waals surface area contributed by atoms with E-state index in [2.05, 4.69) is 5.32 Å². The lowest BCUT2D eigenvalue weighted by atomic mass is 10.2. The minimum atomic E-state index is -0.594. The molecule has 1 unspecified atom stereocenters. The van der Waals surface area contributed by atoms with Crippen LogP contribution in [0.1, 0.15) is 12.5 Å². The molecule has 0 saturated carbocycles. The van der Waals surface area contributed by atoms with Crippen LogP contribution in [-0.4, -0.2) is 17.1 Å². The maximum Gasteiger partial charge on any atom is 0.261 e. The van der Waals surface area contributed by atoms with Crippen LogP contribution in [0.2, 0.25) is 0 Å². The van der Waals surface area contributed by atoms with E-state index < -0.39 is 6.10 Å². The number of amides is 1. The Balaban J connectivity index is 1.87. The smallest absolute Gasteiger partial charge is 0.261 e. The number of rotatable bonds is 5. The van der Waals surface area contributed by atoms with Gasteiger partial charge in [0.25, 0.3) is 5.91 Å². The SMILES string of the molecule is CC(Oc1ccccc1)C(=O)NCc1ccccc1O. The van der Waals surface area contributed by atoms with Crippen LogP contribution < -0.4 is 10.1 Å². The van der Waals surface area contributed by atoms with Crippen LogP contribution in [0.5, 0.6) is 11.5 Å². The van der Waals surface area contributed by atoms with Crippen molar-refractivity contribution in [3.63, 3.8) is 0 Å². The van der Waals surface area contributed by atoms with Crippen molar-refractivity contribution in [2.45, 2.75) is 19.6 Å². The Bertz CT molecular complexity index is 569. The van der Waals surface area contributed by atoms with Crippen molar-refractivity contribution in [1.82, 2.24) is 5.32 Å². The zero-order chi connectivity index (χ0) is 14.4. The van der Waals surface area contributed by atoms with E-state index >= 15 is 0 Å². The first-order valence-electron chi connectivity index (χ1n) is 6.43. The van der Waals surface area contributed by atoms with Crippen molar-refractivity contribution in [1.29, 1.82) is 0 Å². The van der Waals surface area contributed by atoms with Crippen molar-refractivity contribution in [2.24, 2.45) is 0 Å². The third kappa shape index (κ3) is 3.75. The molecule has 104 valence electrons. The summed E-state index contributed by atoms with van der Waals surface area (Å²) in [6.07, 6.45) is -0.594. The Morgan fingerprint density at radius 2 is 1.80 bits per heavy atom. The molecular weight excluding hydrogens is 254 g/mol. The van der Waals surface area contributed by atoms with E-state index in [0.29, 0.717) is 11.3 Å². The predicted octanol–water partition coefficient (Wildman–Crippen LogP) is 2.48. The van der Waals surface area contributed by atoms with Crippen LogP contribution in [-0.2, 0) is 11.3 Å². The van der Waals surface area contributed by atoms with Gasteiger partial charge in [-0.1, -0.05) is 36.4 Å². The van der Waals surface area contributed by atoms with E-state index in [0.717, 1.165) is 0 Å². The van der Waals surface area contributed by atoms with Gasteiger partial charge in [-0.3, -0.25) is 4.79 Å². The second-order valence-electron chi connectivity index (χ2n) is 4.42. The first-order chi connectivity index (χ1) is 9.66. The molecule has 1 amide bonds. The van der Waals surface area contributed by atoms with Gasteiger partial charge in [0, 0.05) is 12.1 Å². The summed E-state index contributed by atoms with van der Waals surface area (Å²) in [5, 5.41) is 12.4. The van der Waals surface area contributed by atoms with Gasteiger partial charge in [-0.05, 0) is 25.1 Å². The molecule has 0 aliphatic heterocycles. The summed E-state index contributed by atoms with van der Waals surface area (Å²) in [5.74, 6) is 0.597. The van der Waals surface area contributed by atoms with Gasteiger partial charge in [0.05, 0.1) is 0 Å². The molecule has 0 heterocycles. The molecule has 0 aliphatic carbocycles. The number of ether oxygens (including phenoxy) is 1. The molecule has 0 spiro atoms. The van der Waals surface area contributed by atoms with E-state index in [1.807, 2.05) is 24.3 Å². The fourth-order valence-electron chi connectivity index (χ4n) is 1.74. The molecule has 0 bridgehead atoms. The van der Waals surface area contributed by atoms with Crippen LogP contribution >= 0.6 is 0 Å². The quantitative estimate of drug-likeness (QED) is 0.878. The average molecular weight is 271 g/mol. The number of phenols is 1. The minimum Gasteiger partial charge on any atom is -0.508 e. The van der Waals surface area contributed by atoms with Gasteiger partial charge in [-0.2, -0.15) is 0 Å². The van der Waals surface area contributed by atoms with Gasteiger partial charge >= 0.3 is 0 Å². The van der Waals surface area contributed by atoms with E-state index in [1.165, 1.54) is 0 Å². The summed E-state index contributed by atoms with van der Waals surface area (Å²) in [5.41, 5.74) is 0.674. The average Bonchev–Trinajstić information content (AvgIpc) is 2.47. The Hall–Kier alpha value is -2.49. The molecule has 0 radical (unpaired) electrons. The van der Waals surface area contributed by atoms with Crippen molar-refractivity contribution < 1.29 is 14.6 Å². The van der Waals surface area contributed by atoms with E-state index in [-0.39, 0.29) is 18.2 Å². The van der Waals surface area contributed by atoms with E-state index in [1.54, 1.807) is 37.3 Å². The van der Waals surface area contributed by atoms with Crippen molar-refractivity contribution >= 4 is 5.91 Å². The van der Waals surface area contributed by atoms with Gasteiger partial charge in [-0.15, -0.1) is 0 Å². The molecule has 2 N–H and O–H groups in total. The summed E-state index contributed by atoms with van der Waals surface area (Å²) < 4.78 is 5.52. The third-order valence-corrected chi connectivity index (χ3v) is 2.87. The van der Waals surface area contributed by atoms with Crippen molar-refractivity contribution in [3.05, 3.63) is 60.2 Å². The molecule has 0 aliphatic rings. The number of benzene rings is 2. The molecule has 2 rings (SSSR count). The first kappa shape index (κ1) is 13.9. The van der Waals surface area contributed by atoms with Crippen LogP contribution in [0.4, 0.5) is 0 Å². The molecule has 4 nitrogen and oxygen atoms in total. The molecule has 20 heavy (non-hydrogen) atoms. The Morgan fingerprint density at radius 3 is 2.50 bits per heavy atom. The van der Waals surface area contributed by atoms with E-state index in [4.69, 9.17) is 4.74 Å². The zero-order valence-corrected chi connectivity index (χ0v) is 11.2. The molecule has 0 saturated heterocycles. The Kier molecular flexibility index (Phi) is 4.60. The monoisotopic (exact) mass is 271 g/mol. The molecule has 0 fully saturated rings. The van der Waals surface area contributed by atoms with Gasteiger partial charge in [-0.25, -0.2) is 0 Å². The van der Waals surface area contributed by atoms with Crippen LogP contribution in [0, 0.1) is 0 Å². The number of hydrogen-bond acceptors (Lipinski definition) is 3. The van der Waals surface area contributed by atoms with Crippen molar-refractivity contribution in [3.8, 4) is 11.5 Å². The number of aromatic hydroxyl groups is 1. The topological polar surface area (TPSA) is 58.6 Å². The second kappa shape index (κ2) is 6.61. The number of phenolic OH excluding ortho intramolecular Hbond substituents is 1. The standard InChI is InChI=1S/C16H17NO3/c1-12(20-14-8-3-2-4-9-14)16(19)17-11-13-7-5-6-10-15(13)18/h2-10,12,18H,11H2,1H3,(H,17,19). The lowest BCUT2D eigenvalue weighted by Gasteiger charge is -2.15. The molecule has 2 aromatic rings. The van der Waals surface area contributed by atoms with Crippen LogP contribution in [0.3, 0.4) is 0 Å². The van der Waals surface area contributed by atoms with Gasteiger partial charge < -0.3 is 15.2 Å². The molecule has 4 heteroatoms. The third-order valence-electron chi connectivity index (χ3n) is 2.87. The van der Waals surface area contributed by atoms with E-state index in [9.17, 15) is 9.90 Å². The van der Waals surface area contributed by atoms with Crippen molar-refractivity contribution in [2.75, 3.05) is 0 Å². The summed E-state index contributed by atoms with van der Waals surface area (Å²) in [7, 11) is 0. The van der Waals surface area contributed by atoms with Gasteiger partial charge in [0.1, 0.15) is 11.5 Å². The van der Waals surface area contributed by atoms with Gasteiger partial charge in [0.15, 0.2) is 6.10 Å². The lowest BCUT2D eigenvalue weighted by Crippen LogP contribution is -2.35. The highest BCUT2D eigenvalue weighted by molar-refractivity contribution is 5.80. The number of para-hydroxylation sites is 2. The zero-order valence-electron chi connectivity index (χ0n) is 11.2. The molecule has 2 aromatic carbocycles. The number of nitrogens with one attached hydrogen (secondary N) is 1. The first-order valence-corrected chi connectivity index (χ1v) is 6.43. The normalized spacial score (nSPS) is 11.7. The molecular formula is C16H17NO3. The highest BCUT2D eigenvalue weighted by Gasteiger charge is 2.14. The second-order valence-corrected chi connectivity index (χ2v) is 4.42. The summed E-state index contributed by atoms with van der Waals surface area (Å²) in [6.45, 7) is 1.96. The number of carbonyl (C=O) groups is 1. The largest absolute Gasteiger partial charge is 0.508 e. The molecule has 0 aromatic heterocycles. The predicted molar refractivity (Wildman–Crippen MR) is 76.5 cm³/mol. The Labute approximate surface area is 118 Å². The highest BCUT2D eigenvalue weighted by Crippen LogP contribution is 2.15. The van der Waals surface area contributed by atoms with Crippen LogP contribution in [0.25, 0.3) is 0 Å². The maximum absolute atomic E-state index is 11.9. The summed E-state index contributed by atoms with van der Waals surface area (Å²) in [6, 6.07) is 16.1. The Morgan fingerprint density at radius 1 is 1.15 bits per heavy atom. The summed E-state index contributed by atoms with van der Waals surface area (Å²) >= 11 is 0. The van der Waals surface area contributed by atoms with Crippen LogP contribution in [0.15, 0.2) is 54.6 Å². The highest BCUT2D eigenvalue weighted by atomic mass is 16.5. The molecule has 1 atom stereocenters. The lowest BCUT2D eigenvalue weighted by molar-refractivity contribution is -0.127. The van der Waals surface area contributed by atoms with Gasteiger partial charge in [0.2, 0.25) is 0 Å². The fourth-order valence-corrected chi connectivity index (χ4v) is 1.74. The summed E-state index contributed by atoms with van der Waals surface area (Å²) in [4.78, 5) is 11.9. The fraction of sp³-hybridized carbons (Fsp3) is 0.188. The number of hydrogen-bond donors (Lipinski definition) is 2. The number of carbonyl (C=O) groups excluding carboxylic acids is 1.